The minimum absolute atomic E-state index is 0. The number of carboxylic acid groups (broad SMARTS) is 2. The van der Waals surface area contributed by atoms with E-state index in [0.29, 0.717) is 67.3 Å². The summed E-state index contributed by atoms with van der Waals surface area (Å²) in [5.74, 6) is -9.95. The van der Waals surface area contributed by atoms with Crippen LogP contribution in [-0.2, 0) is 36.4 Å². The molecule has 1 saturated heterocycles. The van der Waals surface area contributed by atoms with Crippen LogP contribution in [0, 0.1) is 38.5 Å². The zero-order chi connectivity index (χ0) is 76.3. The number of halogens is 10. The minimum Gasteiger partial charge on any atom is -0.870 e. The van der Waals surface area contributed by atoms with Crippen molar-refractivity contribution in [3.05, 3.63) is 280 Å². The molecule has 1 amide bonds. The standard InChI is InChI=1S/C23H17ClF2O3.C21H13ClF2O3.C19H20BF2NO3.C7H4ClIO2.2C3H8O2.Li.H2O/c1-2-29-23(28)16-10-11-18(24)17(13-16)15-8-6-14(7-9-15)12-21(27)22-19(25)4-3-5-20(22)26;22-16-9-8-14(21(26)27)11-15(16)13-6-4-12(5-7-13)10-19(25)20-17(23)2-1-3-18(20)24;1-18(2)19(3,4)26-20(25-18)12-8-10-13(11-9-12)23-17(24)16-14(21)6-5-7-15(16)22;8-5-2-1-4(7(10)11)3-6(5)9;2*1-5-3-2-4;;/h3-11,13H,2,12H2,1H3;1-9,11H,10H2,(H,26,27);5-11H,1-4H3,(H,23,24);1-3H,(H,10,11);2*4H,2-3H2,1H3;;1H2/q;;;;;;+1;/p-1. The van der Waals surface area contributed by atoms with Gasteiger partial charge < -0.3 is 54.7 Å². The van der Waals surface area contributed by atoms with Crippen molar-refractivity contribution in [2.75, 3.05) is 52.6 Å². The number of esters is 1. The summed E-state index contributed by atoms with van der Waals surface area (Å²) in [6.45, 7) is 11.0. The Kier molecular flexibility index (Phi) is 38.1. The van der Waals surface area contributed by atoms with Crippen molar-refractivity contribution in [2.24, 2.45) is 0 Å². The Morgan fingerprint density at radius 2 is 0.857 bits per heavy atom. The van der Waals surface area contributed by atoms with Gasteiger partial charge in [-0.15, -0.1) is 0 Å². The number of carboxylic acids is 2. The van der Waals surface area contributed by atoms with Crippen LogP contribution in [0.2, 0.25) is 15.1 Å². The number of ketones is 2. The second-order valence-corrected chi connectivity index (χ2v) is 25.2. The number of carbonyl (C=O) groups excluding carboxylic acids is 4. The Labute approximate surface area is 643 Å². The molecule has 17 nitrogen and oxygen atoms in total. The minimum atomic E-state index is -1.07. The molecule has 105 heavy (non-hydrogen) atoms. The predicted octanol–water partition coefficient (Wildman–Crippen LogP) is 13.5. The largest absolute Gasteiger partial charge is 1.00 e. The number of aliphatic hydroxyl groups excluding tert-OH is 2. The smallest absolute Gasteiger partial charge is 0.870 e. The molecule has 0 spiro atoms. The number of ether oxygens (including phenoxy) is 3. The monoisotopic (exact) mass is 1620 g/mol. The van der Waals surface area contributed by atoms with E-state index in [9.17, 15) is 55.1 Å². The number of methoxy groups -OCH3 is 2. The van der Waals surface area contributed by atoms with Gasteiger partial charge >= 0.3 is 43.9 Å². The molecule has 9 aromatic rings. The van der Waals surface area contributed by atoms with Crippen molar-refractivity contribution >= 4 is 111 Å². The molecule has 0 aromatic heterocycles. The van der Waals surface area contributed by atoms with E-state index in [4.69, 9.17) is 69.3 Å². The molecule has 0 aliphatic carbocycles. The van der Waals surface area contributed by atoms with Crippen molar-refractivity contribution < 1.29 is 123 Å². The van der Waals surface area contributed by atoms with E-state index in [1.54, 1.807) is 118 Å². The van der Waals surface area contributed by atoms with Crippen molar-refractivity contribution in [3.8, 4) is 22.3 Å². The van der Waals surface area contributed by atoms with Gasteiger partial charge in [-0.25, -0.2) is 40.7 Å². The molecule has 6 N–H and O–H groups in total. The molecule has 9 aromatic carbocycles. The van der Waals surface area contributed by atoms with Crippen molar-refractivity contribution in [3.63, 3.8) is 0 Å². The van der Waals surface area contributed by atoms with Crippen molar-refractivity contribution in [2.45, 2.75) is 58.7 Å². The van der Waals surface area contributed by atoms with E-state index in [1.807, 2.05) is 50.3 Å². The average molecular weight is 1620 g/mol. The van der Waals surface area contributed by atoms with Gasteiger partial charge in [-0.3, -0.25) is 14.4 Å². The van der Waals surface area contributed by atoms with Crippen LogP contribution in [-0.4, -0.2) is 127 Å². The Hall–Kier alpha value is -8.24. The van der Waals surface area contributed by atoms with Crippen LogP contribution in [0.3, 0.4) is 0 Å². The van der Waals surface area contributed by atoms with Gasteiger partial charge in [-0.2, -0.15) is 0 Å². The summed E-state index contributed by atoms with van der Waals surface area (Å²) in [4.78, 5) is 70.1. The maximum atomic E-state index is 13.8. The van der Waals surface area contributed by atoms with Gasteiger partial charge in [0.15, 0.2) is 11.6 Å². The van der Waals surface area contributed by atoms with Crippen LogP contribution in [0.1, 0.15) is 108 Å². The number of amides is 1. The number of aromatic carboxylic acids is 2. The van der Waals surface area contributed by atoms with Gasteiger partial charge in [0.05, 0.1) is 77.1 Å². The van der Waals surface area contributed by atoms with E-state index in [1.165, 1.54) is 48.5 Å². The molecule has 1 heterocycles. The van der Waals surface area contributed by atoms with Gasteiger partial charge in [0.1, 0.15) is 40.5 Å². The molecule has 0 radical (unpaired) electrons. The molecule has 0 atom stereocenters. The molecule has 29 heteroatoms. The first-order valence-corrected chi connectivity index (χ1v) is 33.2. The predicted molar refractivity (Wildman–Crippen MR) is 393 cm³/mol. The van der Waals surface area contributed by atoms with Crippen molar-refractivity contribution in [1.29, 1.82) is 0 Å². The summed E-state index contributed by atoms with van der Waals surface area (Å²) in [6.07, 6.45) is -0.310. The van der Waals surface area contributed by atoms with E-state index >= 15 is 0 Å². The van der Waals surface area contributed by atoms with Crippen molar-refractivity contribution in [1.82, 2.24) is 0 Å². The Morgan fingerprint density at radius 3 is 1.20 bits per heavy atom. The van der Waals surface area contributed by atoms with Gasteiger partial charge in [0, 0.05) is 57.5 Å². The fourth-order valence-corrected chi connectivity index (χ4v) is 10.2. The Balaban J connectivity index is 0.000000356. The number of hydrogen-bond donors (Lipinski definition) is 5. The van der Waals surface area contributed by atoms with E-state index < -0.39 is 105 Å². The maximum absolute atomic E-state index is 13.8. The molecule has 1 aliphatic rings. The second-order valence-electron chi connectivity index (χ2n) is 22.8. The first kappa shape index (κ1) is 91.0. The molecule has 0 unspecified atom stereocenters. The van der Waals surface area contributed by atoms with Crippen LogP contribution in [0.5, 0.6) is 0 Å². The fraction of sp³-hybridized carbons (Fsp3) is 0.211. The third-order valence-corrected chi connectivity index (χ3v) is 17.3. The van der Waals surface area contributed by atoms with E-state index in [0.717, 1.165) is 51.0 Å². The normalized spacial score (nSPS) is 11.9. The van der Waals surface area contributed by atoms with Crippen LogP contribution < -0.4 is 29.6 Å². The van der Waals surface area contributed by atoms with Gasteiger partial charge in [0.2, 0.25) is 0 Å². The average Bonchev–Trinajstić information content (AvgIpc) is 1.64. The number of benzene rings is 9. The number of aliphatic hydroxyl groups is 2. The topological polar surface area (TPSA) is 272 Å². The van der Waals surface area contributed by atoms with Crippen LogP contribution in [0.15, 0.2) is 182 Å². The number of rotatable bonds is 19. The summed E-state index contributed by atoms with van der Waals surface area (Å²) in [5.41, 5.74) is 3.06. The molecule has 0 saturated carbocycles. The first-order chi connectivity index (χ1) is 48.8. The number of nitrogens with one attached hydrogen (secondary N) is 1. The third kappa shape index (κ3) is 26.9. The summed E-state index contributed by atoms with van der Waals surface area (Å²) in [6, 6.07) is 43.9. The number of hydrogen-bond acceptors (Lipinski definition) is 14. The second kappa shape index (κ2) is 44.0. The summed E-state index contributed by atoms with van der Waals surface area (Å²) in [7, 11) is 2.58. The number of anilines is 1. The van der Waals surface area contributed by atoms with Crippen LogP contribution in [0.25, 0.3) is 22.3 Å². The number of carbonyl (C=O) groups is 6. The quantitative estimate of drug-likeness (QED) is 0.0165. The molecular weight excluding hydrogens is 1550 g/mol. The van der Waals surface area contributed by atoms with E-state index in [-0.39, 0.29) is 68.1 Å². The van der Waals surface area contributed by atoms with Crippen LogP contribution in [0.4, 0.5) is 32.0 Å². The van der Waals surface area contributed by atoms with Crippen LogP contribution >= 0.6 is 57.4 Å². The molecular formula is C76H71BCl3F6ILiNO16. The van der Waals surface area contributed by atoms with Gasteiger partial charge in [-0.1, -0.05) is 114 Å². The van der Waals surface area contributed by atoms with E-state index in [2.05, 4.69) is 14.8 Å². The SMILES string of the molecule is CC1(C)OB(c2ccc(NC(=O)c3c(F)cccc3F)cc2)OC1(C)C.CCOC(=O)c1ccc(Cl)c(-c2ccc(CC(=O)c3c(F)cccc3F)cc2)c1.COCCO.COCCO.O=C(O)c1ccc(Cl)c(-c2ccc(CC(=O)c3c(F)cccc3F)cc2)c1.O=C(O)c1ccc(Cl)c(I)c1.[Li+].[OH-]. The molecule has 1 aliphatic heterocycles. The summed E-state index contributed by atoms with van der Waals surface area (Å²) < 4.78 is 109. The Morgan fingerprint density at radius 1 is 0.505 bits per heavy atom. The summed E-state index contributed by atoms with van der Waals surface area (Å²) >= 11 is 20.1. The zero-order valence-electron chi connectivity index (χ0n) is 57.9. The number of Topliss-reactive ketones (excluding diaryl/α,β-unsaturated/α-hetero) is 2. The molecule has 550 valence electrons. The Bertz CT molecular complexity index is 4330. The third-order valence-electron chi connectivity index (χ3n) is 15.1. The maximum Gasteiger partial charge on any atom is 1.00 e. The summed E-state index contributed by atoms with van der Waals surface area (Å²) in [5, 5.41) is 37.4. The van der Waals surface area contributed by atoms with Gasteiger partial charge in [-0.05, 0) is 188 Å². The molecule has 10 rings (SSSR count). The molecule has 1 fully saturated rings. The fourth-order valence-electron chi connectivity index (χ4n) is 9.07. The zero-order valence-corrected chi connectivity index (χ0v) is 62.3. The molecule has 0 bridgehead atoms. The first-order valence-electron chi connectivity index (χ1n) is 31.0. The van der Waals surface area contributed by atoms with Gasteiger partial charge in [0.25, 0.3) is 5.91 Å².